The largest absolute Gasteiger partial charge is 0.395 e. The van der Waals surface area contributed by atoms with Gasteiger partial charge < -0.3 is 9.84 Å². The molecule has 3 unspecified atom stereocenters. The van der Waals surface area contributed by atoms with Gasteiger partial charge in [-0.1, -0.05) is 6.42 Å². The average Bonchev–Trinajstić information content (AvgIpc) is 2.77. The summed E-state index contributed by atoms with van der Waals surface area (Å²) < 4.78 is 34.2. The second kappa shape index (κ2) is 5.29. The van der Waals surface area contributed by atoms with E-state index < -0.39 is 10.2 Å². The van der Waals surface area contributed by atoms with Crippen molar-refractivity contribution < 1.29 is 18.3 Å². The molecule has 19 heavy (non-hydrogen) atoms. The first kappa shape index (κ1) is 13.8. The lowest BCUT2D eigenvalue weighted by Gasteiger charge is -2.39. The minimum Gasteiger partial charge on any atom is -0.395 e. The summed E-state index contributed by atoms with van der Waals surface area (Å²) in [5.41, 5.74) is 0. The van der Waals surface area contributed by atoms with E-state index >= 15 is 0 Å². The zero-order valence-electron chi connectivity index (χ0n) is 11.1. The Bertz CT molecular complexity index is 415. The first-order valence-corrected chi connectivity index (χ1v) is 8.54. The highest BCUT2D eigenvalue weighted by Gasteiger charge is 2.43. The molecule has 3 aliphatic rings. The number of rotatable bonds is 3. The molecule has 3 rings (SSSR count). The van der Waals surface area contributed by atoms with Gasteiger partial charge in [0.1, 0.15) is 0 Å². The van der Waals surface area contributed by atoms with Crippen LogP contribution in [-0.2, 0) is 14.9 Å². The van der Waals surface area contributed by atoms with E-state index in [0.717, 1.165) is 32.1 Å². The second-order valence-corrected chi connectivity index (χ2v) is 7.61. The third kappa shape index (κ3) is 2.54. The maximum Gasteiger partial charge on any atom is 0.282 e. The molecule has 7 heteroatoms. The fraction of sp³-hybridized carbons (Fsp3) is 1.00. The van der Waals surface area contributed by atoms with Crippen LogP contribution in [0.3, 0.4) is 0 Å². The molecule has 0 aromatic heterocycles. The smallest absolute Gasteiger partial charge is 0.282 e. The van der Waals surface area contributed by atoms with Gasteiger partial charge >= 0.3 is 0 Å². The monoisotopic (exact) mass is 290 g/mol. The molecule has 3 heterocycles. The number of aliphatic hydroxyl groups is 1. The third-order valence-corrected chi connectivity index (χ3v) is 6.44. The molecule has 3 atom stereocenters. The molecule has 0 aromatic carbocycles. The van der Waals surface area contributed by atoms with Crippen LogP contribution in [0.1, 0.15) is 32.1 Å². The van der Waals surface area contributed by atoms with Crippen LogP contribution in [0.5, 0.6) is 0 Å². The first-order valence-electron chi connectivity index (χ1n) is 7.14. The van der Waals surface area contributed by atoms with E-state index in [0.29, 0.717) is 19.6 Å². The SMILES string of the molecule is O=S(=O)(N1CC2CCC(C1)O2)N1CCCCC1CO. The van der Waals surface area contributed by atoms with Crippen molar-refractivity contribution in [3.05, 3.63) is 0 Å². The highest BCUT2D eigenvalue weighted by molar-refractivity contribution is 7.86. The van der Waals surface area contributed by atoms with Gasteiger partial charge in [-0.25, -0.2) is 0 Å². The van der Waals surface area contributed by atoms with Gasteiger partial charge in [-0.05, 0) is 25.7 Å². The molecular weight excluding hydrogens is 268 g/mol. The number of fused-ring (bicyclic) bond motifs is 2. The van der Waals surface area contributed by atoms with E-state index in [2.05, 4.69) is 0 Å². The predicted molar refractivity (Wildman–Crippen MR) is 69.8 cm³/mol. The summed E-state index contributed by atoms with van der Waals surface area (Å²) in [5, 5.41) is 9.39. The Morgan fingerprint density at radius 2 is 1.79 bits per heavy atom. The van der Waals surface area contributed by atoms with E-state index in [4.69, 9.17) is 4.74 Å². The lowest BCUT2D eigenvalue weighted by atomic mass is 10.1. The van der Waals surface area contributed by atoms with E-state index in [1.165, 1.54) is 4.31 Å². The molecule has 0 aromatic rings. The minimum atomic E-state index is -3.45. The predicted octanol–water partition coefficient (Wildman–Crippen LogP) is -0.0588. The first-order chi connectivity index (χ1) is 9.11. The Kier molecular flexibility index (Phi) is 3.83. The molecule has 3 saturated heterocycles. The molecule has 110 valence electrons. The van der Waals surface area contributed by atoms with Gasteiger partial charge in [0.15, 0.2) is 0 Å². The average molecular weight is 290 g/mol. The summed E-state index contributed by atoms with van der Waals surface area (Å²) in [6, 6.07) is -0.251. The molecule has 0 amide bonds. The van der Waals surface area contributed by atoms with Crippen molar-refractivity contribution in [1.82, 2.24) is 8.61 Å². The summed E-state index contributed by atoms with van der Waals surface area (Å²) in [7, 11) is -3.45. The molecule has 1 N–H and O–H groups in total. The van der Waals surface area contributed by atoms with Gasteiger partial charge in [-0.15, -0.1) is 0 Å². The van der Waals surface area contributed by atoms with E-state index in [9.17, 15) is 13.5 Å². The van der Waals surface area contributed by atoms with Gasteiger partial charge in [0.25, 0.3) is 10.2 Å². The van der Waals surface area contributed by atoms with Gasteiger partial charge in [-0.2, -0.15) is 17.0 Å². The van der Waals surface area contributed by atoms with Crippen LogP contribution in [0.2, 0.25) is 0 Å². The normalized spacial score (nSPS) is 37.6. The summed E-state index contributed by atoms with van der Waals surface area (Å²) >= 11 is 0. The van der Waals surface area contributed by atoms with Crippen molar-refractivity contribution in [2.24, 2.45) is 0 Å². The van der Waals surface area contributed by atoms with Gasteiger partial charge in [0.2, 0.25) is 0 Å². The van der Waals surface area contributed by atoms with Crippen molar-refractivity contribution in [2.45, 2.75) is 50.4 Å². The zero-order valence-corrected chi connectivity index (χ0v) is 11.9. The number of morpholine rings is 1. The van der Waals surface area contributed by atoms with Crippen LogP contribution in [0, 0.1) is 0 Å². The van der Waals surface area contributed by atoms with Crippen LogP contribution < -0.4 is 0 Å². The standard InChI is InChI=1S/C12H22N2O4S/c15-9-10-3-1-2-6-14(10)19(16,17)13-7-11-4-5-12(8-13)18-11/h10-12,15H,1-9H2. The van der Waals surface area contributed by atoms with E-state index in [1.54, 1.807) is 4.31 Å². The Hall–Kier alpha value is -0.210. The van der Waals surface area contributed by atoms with Crippen molar-refractivity contribution in [3.8, 4) is 0 Å². The van der Waals surface area contributed by atoms with Gasteiger partial charge in [0, 0.05) is 25.7 Å². The molecule has 3 aliphatic heterocycles. The summed E-state index contributed by atoms with van der Waals surface area (Å²) in [6.45, 7) is 1.37. The van der Waals surface area contributed by atoms with Crippen molar-refractivity contribution in [2.75, 3.05) is 26.2 Å². The van der Waals surface area contributed by atoms with Crippen LogP contribution in [-0.4, -0.2) is 66.6 Å². The molecule has 3 fully saturated rings. The molecule has 0 radical (unpaired) electrons. The van der Waals surface area contributed by atoms with Crippen LogP contribution >= 0.6 is 0 Å². The summed E-state index contributed by atoms with van der Waals surface area (Å²) in [6.07, 6.45) is 4.67. The summed E-state index contributed by atoms with van der Waals surface area (Å²) in [5.74, 6) is 0. The molecule has 6 nitrogen and oxygen atoms in total. The Morgan fingerprint density at radius 3 is 2.42 bits per heavy atom. The summed E-state index contributed by atoms with van der Waals surface area (Å²) in [4.78, 5) is 0. The second-order valence-electron chi connectivity index (χ2n) is 5.73. The van der Waals surface area contributed by atoms with E-state index in [1.807, 2.05) is 0 Å². The van der Waals surface area contributed by atoms with Crippen molar-refractivity contribution in [1.29, 1.82) is 0 Å². The van der Waals surface area contributed by atoms with Crippen LogP contribution in [0.4, 0.5) is 0 Å². The Morgan fingerprint density at radius 1 is 1.11 bits per heavy atom. The fourth-order valence-corrected chi connectivity index (χ4v) is 5.29. The minimum absolute atomic E-state index is 0.0610. The van der Waals surface area contributed by atoms with Crippen LogP contribution in [0.15, 0.2) is 0 Å². The van der Waals surface area contributed by atoms with Crippen molar-refractivity contribution in [3.63, 3.8) is 0 Å². The lowest BCUT2D eigenvalue weighted by molar-refractivity contribution is -0.0142. The number of hydrogen-bond donors (Lipinski definition) is 1. The highest BCUT2D eigenvalue weighted by Crippen LogP contribution is 2.30. The van der Waals surface area contributed by atoms with E-state index in [-0.39, 0.29) is 24.9 Å². The van der Waals surface area contributed by atoms with Crippen molar-refractivity contribution >= 4 is 10.2 Å². The third-order valence-electron chi connectivity index (χ3n) is 4.42. The molecule has 0 aliphatic carbocycles. The number of hydrogen-bond acceptors (Lipinski definition) is 4. The quantitative estimate of drug-likeness (QED) is 0.790. The molecular formula is C12H22N2O4S. The number of nitrogens with zero attached hydrogens (tertiary/aromatic N) is 2. The molecule has 2 bridgehead atoms. The number of aliphatic hydroxyl groups excluding tert-OH is 1. The highest BCUT2D eigenvalue weighted by atomic mass is 32.2. The fourth-order valence-electron chi connectivity index (χ4n) is 3.37. The maximum atomic E-state index is 12.7. The maximum absolute atomic E-state index is 12.7. The topological polar surface area (TPSA) is 70.1 Å². The zero-order chi connectivity index (χ0) is 13.5. The number of ether oxygens (including phenoxy) is 1. The number of piperidine rings is 1. The lowest BCUT2D eigenvalue weighted by Crippen LogP contribution is -2.55. The molecule has 0 spiro atoms. The van der Waals surface area contributed by atoms with Crippen LogP contribution in [0.25, 0.3) is 0 Å². The molecule has 0 saturated carbocycles. The van der Waals surface area contributed by atoms with Gasteiger partial charge in [0.05, 0.1) is 18.8 Å². The Labute approximate surface area is 114 Å². The Balaban J connectivity index is 1.77. The van der Waals surface area contributed by atoms with Gasteiger partial charge in [-0.3, -0.25) is 0 Å².